The zero-order valence-electron chi connectivity index (χ0n) is 11.1. The van der Waals surface area contributed by atoms with Gasteiger partial charge in [0, 0.05) is 12.1 Å². The highest BCUT2D eigenvalue weighted by Gasteiger charge is 2.09. The fourth-order valence-electron chi connectivity index (χ4n) is 2.04. The molecule has 0 saturated carbocycles. The van der Waals surface area contributed by atoms with Crippen LogP contribution < -0.4 is 0 Å². The Bertz CT molecular complexity index is 360. The predicted molar refractivity (Wildman–Crippen MR) is 72.6 cm³/mol. The molecule has 0 bridgehead atoms. The van der Waals surface area contributed by atoms with Gasteiger partial charge in [-0.25, -0.2) is 4.39 Å². The maximum atomic E-state index is 13.7. The van der Waals surface area contributed by atoms with Crippen molar-refractivity contribution in [2.45, 2.75) is 27.2 Å². The van der Waals surface area contributed by atoms with E-state index in [4.69, 9.17) is 0 Å². The van der Waals surface area contributed by atoms with Gasteiger partial charge in [0.15, 0.2) is 0 Å². The van der Waals surface area contributed by atoms with Crippen molar-refractivity contribution in [3.8, 4) is 0 Å². The Morgan fingerprint density at radius 1 is 1.29 bits per heavy atom. The van der Waals surface area contributed by atoms with Gasteiger partial charge in [0.05, 0.1) is 0 Å². The summed E-state index contributed by atoms with van der Waals surface area (Å²) in [6.07, 6.45) is 0.823. The van der Waals surface area contributed by atoms with E-state index in [2.05, 4.69) is 25.3 Å². The largest absolute Gasteiger partial charge is 0.304 e. The first kappa shape index (κ1) is 13.9. The number of nitrogens with zero attached hydrogens (tertiary/aromatic N) is 1. The molecule has 2 heteroatoms. The fraction of sp³-hybridized carbons (Fsp3) is 0.467. The molecule has 0 aliphatic heterocycles. The van der Waals surface area contributed by atoms with E-state index in [0.29, 0.717) is 5.56 Å². The van der Waals surface area contributed by atoms with Crippen LogP contribution in [0.3, 0.4) is 0 Å². The molecule has 1 aromatic rings. The molecule has 0 fully saturated rings. The summed E-state index contributed by atoms with van der Waals surface area (Å²) in [4.78, 5) is 2.32. The van der Waals surface area contributed by atoms with Gasteiger partial charge in [-0.05, 0) is 43.6 Å². The molecule has 0 amide bonds. The van der Waals surface area contributed by atoms with Gasteiger partial charge >= 0.3 is 0 Å². The van der Waals surface area contributed by atoms with Crippen LogP contribution in [-0.2, 0) is 0 Å². The quantitative estimate of drug-likeness (QED) is 0.723. The van der Waals surface area contributed by atoms with Crippen LogP contribution in [0.25, 0.3) is 5.57 Å². The normalized spacial score (nSPS) is 10.9. The Morgan fingerprint density at radius 2 is 1.94 bits per heavy atom. The fourth-order valence-corrected chi connectivity index (χ4v) is 2.04. The topological polar surface area (TPSA) is 3.24 Å². The summed E-state index contributed by atoms with van der Waals surface area (Å²) >= 11 is 0. The summed E-state index contributed by atoms with van der Waals surface area (Å²) in [5.41, 5.74) is 2.56. The van der Waals surface area contributed by atoms with Crippen molar-refractivity contribution < 1.29 is 4.39 Å². The molecule has 0 radical (unpaired) electrons. The highest BCUT2D eigenvalue weighted by atomic mass is 19.1. The average molecular weight is 235 g/mol. The van der Waals surface area contributed by atoms with Gasteiger partial charge in [-0.2, -0.15) is 0 Å². The molecule has 0 saturated heterocycles. The molecule has 1 nitrogen and oxygen atoms in total. The van der Waals surface area contributed by atoms with Gasteiger partial charge < -0.3 is 4.90 Å². The summed E-state index contributed by atoms with van der Waals surface area (Å²) < 4.78 is 13.7. The molecule has 0 aliphatic rings. The minimum Gasteiger partial charge on any atom is -0.304 e. The Kier molecular flexibility index (Phi) is 5.36. The van der Waals surface area contributed by atoms with Crippen LogP contribution in [0, 0.1) is 12.7 Å². The van der Waals surface area contributed by atoms with E-state index < -0.39 is 0 Å². The summed E-state index contributed by atoms with van der Waals surface area (Å²) in [5.74, 6) is -0.158. The average Bonchev–Trinajstić information content (AvgIpc) is 2.30. The number of aryl methyl sites for hydroxylation is 1. The second-order valence-electron chi connectivity index (χ2n) is 4.31. The van der Waals surface area contributed by atoms with Crippen LogP contribution >= 0.6 is 0 Å². The van der Waals surface area contributed by atoms with Crippen LogP contribution in [0.4, 0.5) is 4.39 Å². The maximum absolute atomic E-state index is 13.7. The van der Waals surface area contributed by atoms with Crippen LogP contribution in [0.15, 0.2) is 24.8 Å². The highest BCUT2D eigenvalue weighted by Crippen LogP contribution is 2.23. The Balaban J connectivity index is 2.70. The smallest absolute Gasteiger partial charge is 0.130 e. The number of rotatable bonds is 6. The lowest BCUT2D eigenvalue weighted by Crippen LogP contribution is -2.24. The van der Waals surface area contributed by atoms with E-state index in [9.17, 15) is 4.39 Å². The summed E-state index contributed by atoms with van der Waals surface area (Å²) in [6, 6.07) is 5.18. The molecule has 94 valence electrons. The second-order valence-corrected chi connectivity index (χ2v) is 4.31. The highest BCUT2D eigenvalue weighted by molar-refractivity contribution is 5.66. The number of hydrogen-bond donors (Lipinski definition) is 0. The van der Waals surface area contributed by atoms with E-state index >= 15 is 0 Å². The first-order valence-electron chi connectivity index (χ1n) is 6.25. The second kappa shape index (κ2) is 6.55. The third-order valence-corrected chi connectivity index (χ3v) is 3.20. The van der Waals surface area contributed by atoms with Crippen molar-refractivity contribution in [3.63, 3.8) is 0 Å². The molecule has 0 aromatic heterocycles. The zero-order valence-corrected chi connectivity index (χ0v) is 11.1. The maximum Gasteiger partial charge on any atom is 0.130 e. The molecule has 0 atom stereocenters. The molecule has 17 heavy (non-hydrogen) atoms. The molecule has 0 spiro atoms. The monoisotopic (exact) mass is 235 g/mol. The molecule has 0 heterocycles. The van der Waals surface area contributed by atoms with Crippen molar-refractivity contribution in [1.82, 2.24) is 4.90 Å². The summed E-state index contributed by atoms with van der Waals surface area (Å²) in [5, 5.41) is 0. The molecule has 0 N–H and O–H groups in total. The Morgan fingerprint density at radius 3 is 2.47 bits per heavy atom. The standard InChI is InChI=1S/C15H22FN/c1-5-17(6-2)11-10-13(4)15-12(3)8-7-9-14(15)16/h7-9H,4-6,10-11H2,1-3H3. The van der Waals surface area contributed by atoms with Crippen molar-refractivity contribution in [2.75, 3.05) is 19.6 Å². The first-order chi connectivity index (χ1) is 8.10. The number of benzene rings is 1. The van der Waals surface area contributed by atoms with Gasteiger partial charge in [0.2, 0.25) is 0 Å². The lowest BCUT2D eigenvalue weighted by molar-refractivity contribution is 0.311. The van der Waals surface area contributed by atoms with Crippen molar-refractivity contribution in [1.29, 1.82) is 0 Å². The zero-order chi connectivity index (χ0) is 12.8. The van der Waals surface area contributed by atoms with Crippen LogP contribution in [0.2, 0.25) is 0 Å². The van der Waals surface area contributed by atoms with Gasteiger partial charge in [0.25, 0.3) is 0 Å². The Labute approximate surface area is 104 Å². The van der Waals surface area contributed by atoms with E-state index in [1.165, 1.54) is 6.07 Å². The van der Waals surface area contributed by atoms with Gasteiger partial charge in [-0.3, -0.25) is 0 Å². The third-order valence-electron chi connectivity index (χ3n) is 3.20. The number of halogens is 1. The number of hydrogen-bond acceptors (Lipinski definition) is 1. The van der Waals surface area contributed by atoms with Crippen molar-refractivity contribution in [3.05, 3.63) is 41.7 Å². The third kappa shape index (κ3) is 3.67. The molecule has 1 aromatic carbocycles. The first-order valence-corrected chi connectivity index (χ1v) is 6.25. The van der Waals surface area contributed by atoms with Gasteiger partial charge in [-0.1, -0.05) is 32.6 Å². The van der Waals surface area contributed by atoms with Crippen molar-refractivity contribution >= 4 is 5.57 Å². The summed E-state index contributed by atoms with van der Waals surface area (Å²) in [6.45, 7) is 13.2. The van der Waals surface area contributed by atoms with Gasteiger partial charge in [-0.15, -0.1) is 0 Å². The minimum atomic E-state index is -0.158. The SMILES string of the molecule is C=C(CCN(CC)CC)c1c(C)cccc1F. The van der Waals surface area contributed by atoms with E-state index in [1.54, 1.807) is 6.07 Å². The lowest BCUT2D eigenvalue weighted by Gasteiger charge is -2.19. The molecular weight excluding hydrogens is 213 g/mol. The van der Waals surface area contributed by atoms with E-state index in [1.807, 2.05) is 13.0 Å². The van der Waals surface area contributed by atoms with Gasteiger partial charge in [0.1, 0.15) is 5.82 Å². The van der Waals surface area contributed by atoms with E-state index in [0.717, 1.165) is 37.2 Å². The van der Waals surface area contributed by atoms with Crippen LogP contribution in [-0.4, -0.2) is 24.5 Å². The predicted octanol–water partition coefficient (Wildman–Crippen LogP) is 3.88. The molecule has 0 unspecified atom stereocenters. The van der Waals surface area contributed by atoms with Crippen molar-refractivity contribution in [2.24, 2.45) is 0 Å². The van der Waals surface area contributed by atoms with Crippen LogP contribution in [0.5, 0.6) is 0 Å². The molecule has 0 aliphatic carbocycles. The summed E-state index contributed by atoms with van der Waals surface area (Å²) in [7, 11) is 0. The molecular formula is C15H22FN. The molecule has 1 rings (SSSR count). The Hall–Kier alpha value is -1.15. The minimum absolute atomic E-state index is 0.158. The van der Waals surface area contributed by atoms with Crippen LogP contribution in [0.1, 0.15) is 31.4 Å². The lowest BCUT2D eigenvalue weighted by atomic mass is 9.99. The van der Waals surface area contributed by atoms with E-state index in [-0.39, 0.29) is 5.82 Å².